The molecule has 0 aromatic rings. The Morgan fingerprint density at radius 2 is 2.80 bits per heavy atom. The van der Waals surface area contributed by atoms with E-state index >= 15 is 0 Å². The molecule has 1 nitrogen and oxygen atoms in total. The van der Waals surface area contributed by atoms with Crippen LogP contribution in [0, 0.1) is 0 Å². The Hall–Kier alpha value is 0.0829. The minimum absolute atomic E-state index is 0.153. The molecule has 0 saturated heterocycles. The summed E-state index contributed by atoms with van der Waals surface area (Å²) in [5, 5.41) is 1.28. The number of allylic oxidation sites excluding steroid dienone is 1. The molecule has 5 heavy (non-hydrogen) atoms. The van der Waals surface area contributed by atoms with Gasteiger partial charge < -0.3 is 0 Å². The molecule has 0 fully saturated rings. The second kappa shape index (κ2) is 1.50. The average molecular weight is 127 g/mol. The van der Waals surface area contributed by atoms with Crippen molar-refractivity contribution in [2.24, 2.45) is 3.90 Å². The van der Waals surface area contributed by atoms with Crippen LogP contribution in [-0.2, 0) is 0 Å². The summed E-state index contributed by atoms with van der Waals surface area (Å²) in [6, 6.07) is 0. The topological polar surface area (TPSA) is 12.4 Å². The molecule has 0 aromatic heterocycles. The summed E-state index contributed by atoms with van der Waals surface area (Å²) in [7, 11) is 0. The van der Waals surface area contributed by atoms with Gasteiger partial charge in [-0.2, -0.15) is 0 Å². The second-order valence-electron chi connectivity index (χ2n) is 0.876. The Labute approximate surface area is 37.4 Å². The molecule has 1 aliphatic rings. The molecule has 0 unspecified atom stereocenters. The fourth-order valence-corrected chi connectivity index (χ4v) is 1.37. The molecule has 0 aliphatic carbocycles. The van der Waals surface area contributed by atoms with Gasteiger partial charge in [0, 0.05) is 0 Å². The standard InChI is InChI=1S/C3H4GeN/c1-2-4-5-3-1/h1,3H,2H2. The van der Waals surface area contributed by atoms with Crippen LogP contribution < -0.4 is 0 Å². The van der Waals surface area contributed by atoms with Gasteiger partial charge in [0.15, 0.2) is 0 Å². The Balaban J connectivity index is 2.61. The first kappa shape index (κ1) is 3.28. The van der Waals surface area contributed by atoms with E-state index in [4.69, 9.17) is 0 Å². The van der Waals surface area contributed by atoms with Crippen LogP contribution in [-0.4, -0.2) is 15.2 Å². The van der Waals surface area contributed by atoms with Crippen molar-refractivity contribution in [1.82, 2.24) is 0 Å². The van der Waals surface area contributed by atoms with Crippen molar-refractivity contribution in [3.63, 3.8) is 0 Å². The Bertz CT molecular complexity index is 65.0. The maximum atomic E-state index is 4.03. The fourth-order valence-electron chi connectivity index (χ4n) is 0.264. The third-order valence-corrected chi connectivity index (χ3v) is 2.05. The van der Waals surface area contributed by atoms with Gasteiger partial charge >= 0.3 is 36.7 Å². The van der Waals surface area contributed by atoms with E-state index < -0.39 is 0 Å². The summed E-state index contributed by atoms with van der Waals surface area (Å²) in [5.74, 6) is 0. The summed E-state index contributed by atoms with van der Waals surface area (Å²) in [5.41, 5.74) is 0. The summed E-state index contributed by atoms with van der Waals surface area (Å²) >= 11 is 0.153. The Morgan fingerprint density at radius 3 is 3.00 bits per heavy atom. The van der Waals surface area contributed by atoms with Gasteiger partial charge in [-0.25, -0.2) is 0 Å². The summed E-state index contributed by atoms with van der Waals surface area (Å²) < 4.78 is 4.03. The molecule has 0 atom stereocenters. The molecule has 0 bridgehead atoms. The van der Waals surface area contributed by atoms with E-state index in [0.29, 0.717) is 0 Å². The molecular weight excluding hydrogens is 123 g/mol. The van der Waals surface area contributed by atoms with Crippen LogP contribution in [0.25, 0.3) is 0 Å². The van der Waals surface area contributed by atoms with Gasteiger partial charge in [-0.1, -0.05) is 0 Å². The molecule has 1 heterocycles. The predicted octanol–water partition coefficient (Wildman–Crippen LogP) is 0.820. The minimum atomic E-state index is 0.153. The van der Waals surface area contributed by atoms with E-state index in [1.165, 1.54) is 5.25 Å². The van der Waals surface area contributed by atoms with Gasteiger partial charge in [-0.3, -0.25) is 0 Å². The van der Waals surface area contributed by atoms with Crippen molar-refractivity contribution in [2.75, 3.05) is 0 Å². The number of hydrogen-bond acceptors (Lipinski definition) is 1. The maximum absolute atomic E-state index is 4.03. The van der Waals surface area contributed by atoms with Crippen LogP contribution in [0.4, 0.5) is 0 Å². The molecule has 0 saturated carbocycles. The number of rotatable bonds is 0. The Kier molecular flexibility index (Phi) is 0.985. The molecular formula is C3H4GeN. The zero-order valence-electron chi connectivity index (χ0n) is 2.81. The third-order valence-electron chi connectivity index (χ3n) is 0.480. The Morgan fingerprint density at radius 1 is 1.80 bits per heavy atom. The first-order chi connectivity index (χ1) is 2.50. The van der Waals surface area contributed by atoms with Crippen LogP contribution in [0.1, 0.15) is 0 Å². The van der Waals surface area contributed by atoms with Crippen molar-refractivity contribution >= 4 is 15.2 Å². The zero-order chi connectivity index (χ0) is 3.54. The van der Waals surface area contributed by atoms with Gasteiger partial charge in [-0.05, 0) is 0 Å². The van der Waals surface area contributed by atoms with Crippen molar-refractivity contribution in [1.29, 1.82) is 0 Å². The molecule has 0 spiro atoms. The van der Waals surface area contributed by atoms with Gasteiger partial charge in [-0.15, -0.1) is 0 Å². The number of nitrogens with zero attached hydrogens (tertiary/aromatic N) is 1. The van der Waals surface area contributed by atoms with Gasteiger partial charge in [0.1, 0.15) is 0 Å². The first-order valence-corrected chi connectivity index (χ1v) is 4.00. The van der Waals surface area contributed by atoms with Crippen molar-refractivity contribution in [2.45, 2.75) is 5.25 Å². The monoisotopic (exact) mass is 128 g/mol. The quantitative estimate of drug-likeness (QED) is 0.427. The first-order valence-electron chi connectivity index (χ1n) is 1.58. The van der Waals surface area contributed by atoms with E-state index in [2.05, 4.69) is 9.98 Å². The van der Waals surface area contributed by atoms with E-state index in [0.717, 1.165) is 0 Å². The SMILES string of the molecule is C1=C[N]=[Ge][CH2]1. The molecule has 1 radical (unpaired) electrons. The van der Waals surface area contributed by atoms with Gasteiger partial charge in [0.2, 0.25) is 0 Å². The molecule has 1 aliphatic heterocycles. The summed E-state index contributed by atoms with van der Waals surface area (Å²) in [6.07, 6.45) is 4.04. The summed E-state index contributed by atoms with van der Waals surface area (Å²) in [6.45, 7) is 0. The van der Waals surface area contributed by atoms with Gasteiger partial charge in [0.05, 0.1) is 0 Å². The normalized spacial score (nSPS) is 17.6. The van der Waals surface area contributed by atoms with E-state index in [1.54, 1.807) is 0 Å². The molecule has 25 valence electrons. The van der Waals surface area contributed by atoms with Crippen LogP contribution in [0.2, 0.25) is 5.25 Å². The van der Waals surface area contributed by atoms with Crippen LogP contribution in [0.5, 0.6) is 0 Å². The van der Waals surface area contributed by atoms with Crippen molar-refractivity contribution < 1.29 is 0 Å². The van der Waals surface area contributed by atoms with E-state index in [9.17, 15) is 0 Å². The average Bonchev–Trinajstić information content (AvgIpc) is 1.76. The molecule has 0 aromatic carbocycles. The second-order valence-corrected chi connectivity index (χ2v) is 2.94. The molecule has 2 heteroatoms. The van der Waals surface area contributed by atoms with Gasteiger partial charge in [0.25, 0.3) is 0 Å². The molecule has 1 rings (SSSR count). The fraction of sp³-hybridized carbons (Fsp3) is 0.333. The third kappa shape index (κ3) is 0.686. The van der Waals surface area contributed by atoms with Crippen molar-refractivity contribution in [3.8, 4) is 0 Å². The predicted molar refractivity (Wildman–Crippen MR) is 22.1 cm³/mol. The van der Waals surface area contributed by atoms with Crippen molar-refractivity contribution in [3.05, 3.63) is 12.3 Å². The van der Waals surface area contributed by atoms with Crippen LogP contribution in [0.15, 0.2) is 16.2 Å². The van der Waals surface area contributed by atoms with E-state index in [1.807, 2.05) is 6.20 Å². The van der Waals surface area contributed by atoms with E-state index in [-0.39, 0.29) is 15.2 Å². The molecule has 0 N–H and O–H groups in total. The number of hydrogen-bond donors (Lipinski definition) is 0. The zero-order valence-corrected chi connectivity index (χ0v) is 4.91. The molecule has 0 amide bonds. The van der Waals surface area contributed by atoms with Crippen LogP contribution in [0.3, 0.4) is 0 Å². The van der Waals surface area contributed by atoms with Crippen LogP contribution >= 0.6 is 0 Å². The summed E-state index contributed by atoms with van der Waals surface area (Å²) in [4.78, 5) is 0.